The number of nitrogens with zero attached hydrogens (tertiary/aromatic N) is 3. The van der Waals surface area contributed by atoms with Crippen LogP contribution >= 0.6 is 0 Å². The number of fused-ring (bicyclic) bond motifs is 1. The van der Waals surface area contributed by atoms with Crippen molar-refractivity contribution in [1.82, 2.24) is 14.7 Å². The lowest BCUT2D eigenvalue weighted by molar-refractivity contribution is 0.0130. The molecule has 1 amide bonds. The summed E-state index contributed by atoms with van der Waals surface area (Å²) in [6.07, 6.45) is 3.54. The van der Waals surface area contributed by atoms with Crippen LogP contribution in [0, 0.1) is 17.6 Å². The summed E-state index contributed by atoms with van der Waals surface area (Å²) in [4.78, 5) is 14.6. The van der Waals surface area contributed by atoms with Crippen molar-refractivity contribution < 1.29 is 23.0 Å². The largest absolute Gasteiger partial charge is 0.452 e. The van der Waals surface area contributed by atoms with Crippen molar-refractivity contribution in [2.24, 2.45) is 5.92 Å². The molecule has 4 rings (SSSR count). The summed E-state index contributed by atoms with van der Waals surface area (Å²) in [7, 11) is 0. The van der Waals surface area contributed by atoms with E-state index in [9.17, 15) is 13.6 Å². The molecule has 194 valence electrons. The van der Waals surface area contributed by atoms with Crippen LogP contribution in [0.4, 0.5) is 19.3 Å². The number of nitrogens with one attached hydrogen (secondary N) is 1. The van der Waals surface area contributed by atoms with E-state index in [0.29, 0.717) is 30.3 Å². The topological polar surface area (TPSA) is 68.6 Å². The third-order valence-electron chi connectivity index (χ3n) is 5.85. The van der Waals surface area contributed by atoms with E-state index in [4.69, 9.17) is 9.47 Å². The Kier molecular flexibility index (Phi) is 7.38. The fourth-order valence-electron chi connectivity index (χ4n) is 4.27. The average Bonchev–Trinajstić information content (AvgIpc) is 3.15. The van der Waals surface area contributed by atoms with Gasteiger partial charge in [0.15, 0.2) is 17.3 Å². The standard InChI is InChI=1S/C27H34F2N4O3/c1-17(2)16-33-22-14-21(31-25-8-6-7-11-32(25)26(34)36-27(3,4)5)24(12-18(22)15-30-33)35-23-10-9-19(28)13-20(23)29/h9-10,12-15,17,25,31H,6-8,11,16H2,1-5H3. The number of anilines is 1. The molecule has 9 heteroatoms. The van der Waals surface area contributed by atoms with Crippen LogP contribution in [-0.4, -0.2) is 39.1 Å². The Morgan fingerprint density at radius 3 is 2.64 bits per heavy atom. The molecule has 1 saturated heterocycles. The van der Waals surface area contributed by atoms with Crippen LogP contribution in [0.25, 0.3) is 10.9 Å². The predicted octanol–water partition coefficient (Wildman–Crippen LogP) is 6.92. The summed E-state index contributed by atoms with van der Waals surface area (Å²) in [5, 5.41) is 8.78. The summed E-state index contributed by atoms with van der Waals surface area (Å²) >= 11 is 0. The number of aromatic nitrogens is 2. The molecule has 1 aliphatic rings. The summed E-state index contributed by atoms with van der Waals surface area (Å²) in [6.45, 7) is 11.0. The zero-order valence-electron chi connectivity index (χ0n) is 21.5. The van der Waals surface area contributed by atoms with E-state index in [0.717, 1.165) is 42.4 Å². The number of hydrogen-bond acceptors (Lipinski definition) is 5. The molecule has 0 spiro atoms. The Hall–Kier alpha value is -3.36. The van der Waals surface area contributed by atoms with Crippen LogP contribution in [0.2, 0.25) is 0 Å². The maximum absolute atomic E-state index is 14.4. The van der Waals surface area contributed by atoms with E-state index in [1.807, 2.05) is 31.5 Å². The minimum atomic E-state index is -0.801. The van der Waals surface area contributed by atoms with Gasteiger partial charge >= 0.3 is 6.09 Å². The van der Waals surface area contributed by atoms with Crippen molar-refractivity contribution in [2.75, 3.05) is 11.9 Å². The number of piperidine rings is 1. The zero-order chi connectivity index (χ0) is 26.0. The highest BCUT2D eigenvalue weighted by Gasteiger charge is 2.31. The number of benzene rings is 2. The number of ether oxygens (including phenoxy) is 2. The molecule has 2 heterocycles. The fraction of sp³-hybridized carbons (Fsp3) is 0.481. The molecular weight excluding hydrogens is 466 g/mol. The fourth-order valence-corrected chi connectivity index (χ4v) is 4.27. The van der Waals surface area contributed by atoms with Gasteiger partial charge in [-0.3, -0.25) is 9.58 Å². The third kappa shape index (κ3) is 6.06. The molecule has 2 aromatic carbocycles. The number of likely N-dealkylation sites (tertiary alicyclic amines) is 1. The molecule has 7 nitrogen and oxygen atoms in total. The Morgan fingerprint density at radius 2 is 1.94 bits per heavy atom. The molecule has 0 saturated carbocycles. The number of carbonyl (C=O) groups is 1. The van der Waals surface area contributed by atoms with Crippen molar-refractivity contribution in [3.8, 4) is 11.5 Å². The Balaban J connectivity index is 1.72. The van der Waals surface area contributed by atoms with E-state index in [-0.39, 0.29) is 11.9 Å². The molecule has 3 aromatic rings. The Bertz CT molecular complexity index is 1240. The first-order valence-electron chi connectivity index (χ1n) is 12.4. The van der Waals surface area contributed by atoms with E-state index in [1.54, 1.807) is 17.2 Å². The molecule has 0 aliphatic carbocycles. The van der Waals surface area contributed by atoms with Gasteiger partial charge in [-0.15, -0.1) is 0 Å². The Labute approximate surface area is 210 Å². The molecule has 1 aromatic heterocycles. The number of halogens is 2. The van der Waals surface area contributed by atoms with Crippen molar-refractivity contribution in [1.29, 1.82) is 0 Å². The molecule has 36 heavy (non-hydrogen) atoms. The van der Waals surface area contributed by atoms with Gasteiger partial charge in [0, 0.05) is 24.5 Å². The van der Waals surface area contributed by atoms with Gasteiger partial charge in [-0.2, -0.15) is 5.10 Å². The van der Waals surface area contributed by atoms with Gasteiger partial charge in [0.25, 0.3) is 0 Å². The first-order valence-corrected chi connectivity index (χ1v) is 12.4. The summed E-state index contributed by atoms with van der Waals surface area (Å²) in [5.74, 6) is -0.842. The molecule has 1 atom stereocenters. The van der Waals surface area contributed by atoms with Crippen molar-refractivity contribution >= 4 is 22.7 Å². The number of hydrogen-bond donors (Lipinski definition) is 1. The van der Waals surface area contributed by atoms with Crippen LogP contribution in [0.3, 0.4) is 0 Å². The SMILES string of the molecule is CC(C)Cn1ncc2cc(Oc3ccc(F)cc3F)c(NC3CCCCN3C(=O)OC(C)(C)C)cc21. The van der Waals surface area contributed by atoms with E-state index in [2.05, 4.69) is 24.3 Å². The highest BCUT2D eigenvalue weighted by atomic mass is 19.1. The maximum atomic E-state index is 14.4. The maximum Gasteiger partial charge on any atom is 0.411 e. The molecule has 1 N–H and O–H groups in total. The van der Waals surface area contributed by atoms with Gasteiger partial charge in [0.1, 0.15) is 17.6 Å². The second-order valence-electron chi connectivity index (χ2n) is 10.6. The zero-order valence-corrected chi connectivity index (χ0v) is 21.5. The molecule has 0 radical (unpaired) electrons. The van der Waals surface area contributed by atoms with Crippen molar-refractivity contribution in [2.45, 2.75) is 72.2 Å². The average molecular weight is 501 g/mol. The second-order valence-corrected chi connectivity index (χ2v) is 10.6. The summed E-state index contributed by atoms with van der Waals surface area (Å²) in [6, 6.07) is 6.88. The number of carbonyl (C=O) groups excluding carboxylic acids is 1. The van der Waals surface area contributed by atoms with E-state index in [1.165, 1.54) is 6.07 Å². The van der Waals surface area contributed by atoms with Gasteiger partial charge in [-0.25, -0.2) is 13.6 Å². The van der Waals surface area contributed by atoms with E-state index >= 15 is 0 Å². The van der Waals surface area contributed by atoms with Gasteiger partial charge in [-0.1, -0.05) is 13.8 Å². The number of rotatable bonds is 6. The van der Waals surface area contributed by atoms with Gasteiger partial charge in [-0.05, 0) is 70.2 Å². The first kappa shape index (κ1) is 25.7. The van der Waals surface area contributed by atoms with Gasteiger partial charge in [0.05, 0.1) is 17.4 Å². The van der Waals surface area contributed by atoms with Crippen molar-refractivity contribution in [3.05, 3.63) is 48.2 Å². The third-order valence-corrected chi connectivity index (χ3v) is 5.85. The van der Waals surface area contributed by atoms with Gasteiger partial charge in [0.2, 0.25) is 0 Å². The highest BCUT2D eigenvalue weighted by molar-refractivity contribution is 5.86. The lowest BCUT2D eigenvalue weighted by Gasteiger charge is -2.37. The van der Waals surface area contributed by atoms with Crippen LogP contribution in [0.5, 0.6) is 11.5 Å². The lowest BCUT2D eigenvalue weighted by atomic mass is 10.1. The molecule has 1 fully saturated rings. The van der Waals surface area contributed by atoms with Crippen LogP contribution in [-0.2, 0) is 11.3 Å². The minimum Gasteiger partial charge on any atom is -0.452 e. The predicted molar refractivity (Wildman–Crippen MR) is 135 cm³/mol. The van der Waals surface area contributed by atoms with Crippen LogP contribution < -0.4 is 10.1 Å². The Morgan fingerprint density at radius 1 is 1.17 bits per heavy atom. The molecular formula is C27H34F2N4O3. The quantitative estimate of drug-likeness (QED) is 0.398. The van der Waals surface area contributed by atoms with Gasteiger partial charge < -0.3 is 14.8 Å². The lowest BCUT2D eigenvalue weighted by Crippen LogP contribution is -2.49. The number of amides is 1. The smallest absolute Gasteiger partial charge is 0.411 e. The van der Waals surface area contributed by atoms with E-state index < -0.39 is 23.3 Å². The normalized spacial score (nSPS) is 16.4. The van der Waals surface area contributed by atoms with Crippen LogP contribution in [0.1, 0.15) is 53.9 Å². The minimum absolute atomic E-state index is 0.0963. The summed E-state index contributed by atoms with van der Waals surface area (Å²) < 4.78 is 41.4. The first-order chi connectivity index (χ1) is 17.0. The molecule has 1 unspecified atom stereocenters. The summed E-state index contributed by atoms with van der Waals surface area (Å²) in [5.41, 5.74) is 0.852. The highest BCUT2D eigenvalue weighted by Crippen LogP contribution is 2.37. The second kappa shape index (κ2) is 10.3. The van der Waals surface area contributed by atoms with Crippen LogP contribution in [0.15, 0.2) is 36.5 Å². The van der Waals surface area contributed by atoms with Crippen molar-refractivity contribution in [3.63, 3.8) is 0 Å². The molecule has 1 aliphatic heterocycles. The molecule has 0 bridgehead atoms. The monoisotopic (exact) mass is 500 g/mol.